The third kappa shape index (κ3) is 4.75. The zero-order valence-electron chi connectivity index (χ0n) is 12.0. The van der Waals surface area contributed by atoms with E-state index < -0.39 is 0 Å². The van der Waals surface area contributed by atoms with Gasteiger partial charge in [-0.15, -0.1) is 11.3 Å². The number of nitrogens with one attached hydrogen (secondary N) is 1. The topological polar surface area (TPSA) is 77.2 Å². The van der Waals surface area contributed by atoms with Gasteiger partial charge in [0.2, 0.25) is 0 Å². The lowest BCUT2D eigenvalue weighted by Crippen LogP contribution is -2.29. The number of nitrogens with zero attached hydrogens (tertiary/aromatic N) is 1. The average Bonchev–Trinajstić information content (AvgIpc) is 2.92. The molecule has 0 aliphatic rings. The van der Waals surface area contributed by atoms with E-state index in [4.69, 9.17) is 10.5 Å². The quantitative estimate of drug-likeness (QED) is 0.771. The standard InChI is InChI=1S/C15H19N3O2S/c1-2-3-7-17-14(19)9-20-12-6-4-5-11(8-12)13-10-21-15(16)18-13/h4-6,8,10H,2-3,7,9H2,1H3,(H2,16,18)(H,17,19). The predicted octanol–water partition coefficient (Wildman–Crippen LogP) is 2.69. The summed E-state index contributed by atoms with van der Waals surface area (Å²) >= 11 is 1.40. The molecule has 0 spiro atoms. The lowest BCUT2D eigenvalue weighted by atomic mass is 10.2. The molecule has 2 rings (SSSR count). The van der Waals surface area contributed by atoms with Crippen LogP contribution < -0.4 is 15.8 Å². The Morgan fingerprint density at radius 2 is 2.33 bits per heavy atom. The van der Waals surface area contributed by atoms with Gasteiger partial charge in [0.1, 0.15) is 5.75 Å². The van der Waals surface area contributed by atoms with E-state index in [0.717, 1.165) is 24.1 Å². The van der Waals surface area contributed by atoms with Crippen molar-refractivity contribution in [1.82, 2.24) is 10.3 Å². The van der Waals surface area contributed by atoms with Crippen molar-refractivity contribution >= 4 is 22.4 Å². The molecule has 0 atom stereocenters. The Morgan fingerprint density at radius 3 is 3.05 bits per heavy atom. The van der Waals surface area contributed by atoms with Gasteiger partial charge in [-0.1, -0.05) is 25.5 Å². The van der Waals surface area contributed by atoms with Gasteiger partial charge in [-0.25, -0.2) is 4.98 Å². The van der Waals surface area contributed by atoms with Crippen molar-refractivity contribution in [3.8, 4) is 17.0 Å². The van der Waals surface area contributed by atoms with E-state index in [0.29, 0.717) is 17.4 Å². The highest BCUT2D eigenvalue weighted by atomic mass is 32.1. The van der Waals surface area contributed by atoms with E-state index in [1.165, 1.54) is 11.3 Å². The number of aromatic nitrogens is 1. The first-order valence-corrected chi connectivity index (χ1v) is 7.78. The number of hydrogen-bond donors (Lipinski definition) is 2. The molecule has 0 saturated heterocycles. The number of carbonyl (C=O) groups is 1. The Morgan fingerprint density at radius 1 is 1.48 bits per heavy atom. The fourth-order valence-corrected chi connectivity index (χ4v) is 2.34. The van der Waals surface area contributed by atoms with Crippen LogP contribution in [0.4, 0.5) is 5.13 Å². The largest absolute Gasteiger partial charge is 0.484 e. The maximum atomic E-state index is 11.6. The van der Waals surface area contributed by atoms with Gasteiger partial charge >= 0.3 is 0 Å². The Labute approximate surface area is 128 Å². The molecule has 1 aromatic carbocycles. The van der Waals surface area contributed by atoms with Crippen LogP contribution in [0, 0.1) is 0 Å². The summed E-state index contributed by atoms with van der Waals surface area (Å²) in [5, 5.41) is 5.24. The molecule has 0 aliphatic carbocycles. The molecule has 0 radical (unpaired) electrons. The number of nitrogen functional groups attached to an aromatic ring is 1. The van der Waals surface area contributed by atoms with Crippen LogP contribution in [0.25, 0.3) is 11.3 Å². The predicted molar refractivity (Wildman–Crippen MR) is 85.4 cm³/mol. The number of benzene rings is 1. The molecular formula is C15H19N3O2S. The molecule has 1 aromatic heterocycles. The zero-order valence-corrected chi connectivity index (χ0v) is 12.8. The lowest BCUT2D eigenvalue weighted by Gasteiger charge is -2.08. The molecule has 1 heterocycles. The van der Waals surface area contributed by atoms with Gasteiger partial charge in [-0.3, -0.25) is 4.79 Å². The maximum absolute atomic E-state index is 11.6. The van der Waals surface area contributed by atoms with Crippen LogP contribution in [-0.2, 0) is 4.79 Å². The zero-order chi connectivity index (χ0) is 15.1. The second-order valence-corrected chi connectivity index (χ2v) is 5.48. The third-order valence-electron chi connectivity index (χ3n) is 2.87. The van der Waals surface area contributed by atoms with E-state index in [1.54, 1.807) is 0 Å². The van der Waals surface area contributed by atoms with Crippen molar-refractivity contribution < 1.29 is 9.53 Å². The van der Waals surface area contributed by atoms with Crippen molar-refractivity contribution in [3.05, 3.63) is 29.6 Å². The summed E-state index contributed by atoms with van der Waals surface area (Å²) in [5.41, 5.74) is 7.37. The van der Waals surface area contributed by atoms with E-state index in [2.05, 4.69) is 17.2 Å². The summed E-state index contributed by atoms with van der Waals surface area (Å²) in [5.74, 6) is 0.538. The van der Waals surface area contributed by atoms with Crippen molar-refractivity contribution in [2.75, 3.05) is 18.9 Å². The van der Waals surface area contributed by atoms with Crippen LogP contribution in [0.2, 0.25) is 0 Å². The number of amides is 1. The molecule has 0 saturated carbocycles. The SMILES string of the molecule is CCCCNC(=O)COc1cccc(-c2csc(N)n2)c1. The number of rotatable bonds is 7. The number of unbranched alkanes of at least 4 members (excludes halogenated alkanes) is 1. The summed E-state index contributed by atoms with van der Waals surface area (Å²) in [6.07, 6.45) is 2.03. The molecule has 0 unspecified atom stereocenters. The minimum Gasteiger partial charge on any atom is -0.484 e. The fraction of sp³-hybridized carbons (Fsp3) is 0.333. The van der Waals surface area contributed by atoms with Crippen molar-refractivity contribution in [1.29, 1.82) is 0 Å². The van der Waals surface area contributed by atoms with Crippen LogP contribution in [0.1, 0.15) is 19.8 Å². The second kappa shape index (κ2) is 7.64. The van der Waals surface area contributed by atoms with Crippen LogP contribution in [-0.4, -0.2) is 24.0 Å². The summed E-state index contributed by atoms with van der Waals surface area (Å²) in [4.78, 5) is 15.8. The summed E-state index contributed by atoms with van der Waals surface area (Å²) < 4.78 is 5.50. The van der Waals surface area contributed by atoms with Crippen LogP contribution in [0.15, 0.2) is 29.6 Å². The normalized spacial score (nSPS) is 10.3. The monoisotopic (exact) mass is 305 g/mol. The number of ether oxygens (including phenoxy) is 1. The molecule has 0 aliphatic heterocycles. The first kappa shape index (κ1) is 15.3. The Hall–Kier alpha value is -2.08. The minimum atomic E-state index is -0.105. The highest BCUT2D eigenvalue weighted by Crippen LogP contribution is 2.26. The van der Waals surface area contributed by atoms with Crippen LogP contribution in [0.5, 0.6) is 5.75 Å². The maximum Gasteiger partial charge on any atom is 0.257 e. The summed E-state index contributed by atoms with van der Waals surface area (Å²) in [6.45, 7) is 2.79. The average molecular weight is 305 g/mol. The molecule has 0 fully saturated rings. The van der Waals surface area contributed by atoms with Gasteiger partial charge in [0, 0.05) is 17.5 Å². The van der Waals surface area contributed by atoms with E-state index in [-0.39, 0.29) is 12.5 Å². The molecular weight excluding hydrogens is 286 g/mol. The first-order chi connectivity index (χ1) is 10.2. The smallest absolute Gasteiger partial charge is 0.257 e. The van der Waals surface area contributed by atoms with Crippen LogP contribution >= 0.6 is 11.3 Å². The van der Waals surface area contributed by atoms with Crippen LogP contribution in [0.3, 0.4) is 0 Å². The highest BCUT2D eigenvalue weighted by molar-refractivity contribution is 7.13. The molecule has 3 N–H and O–H groups in total. The van der Waals surface area contributed by atoms with Gasteiger partial charge in [-0.2, -0.15) is 0 Å². The van der Waals surface area contributed by atoms with Crippen molar-refractivity contribution in [3.63, 3.8) is 0 Å². The van der Waals surface area contributed by atoms with Gasteiger partial charge < -0.3 is 15.8 Å². The second-order valence-electron chi connectivity index (χ2n) is 4.59. The summed E-state index contributed by atoms with van der Waals surface area (Å²) in [6, 6.07) is 7.48. The van der Waals surface area contributed by atoms with E-state index in [9.17, 15) is 4.79 Å². The number of thiazole rings is 1. The van der Waals surface area contributed by atoms with E-state index in [1.807, 2.05) is 29.6 Å². The third-order valence-corrected chi connectivity index (χ3v) is 3.55. The van der Waals surface area contributed by atoms with E-state index >= 15 is 0 Å². The summed E-state index contributed by atoms with van der Waals surface area (Å²) in [7, 11) is 0. The Bertz CT molecular complexity index is 598. The Balaban J connectivity index is 1.91. The van der Waals surface area contributed by atoms with Crippen molar-refractivity contribution in [2.45, 2.75) is 19.8 Å². The lowest BCUT2D eigenvalue weighted by molar-refractivity contribution is -0.123. The highest BCUT2D eigenvalue weighted by Gasteiger charge is 2.06. The van der Waals surface area contributed by atoms with Gasteiger partial charge in [0.05, 0.1) is 5.69 Å². The molecule has 2 aromatic rings. The number of anilines is 1. The van der Waals surface area contributed by atoms with Gasteiger partial charge in [0.15, 0.2) is 11.7 Å². The first-order valence-electron chi connectivity index (χ1n) is 6.90. The molecule has 5 nitrogen and oxygen atoms in total. The molecule has 6 heteroatoms. The number of carbonyl (C=O) groups excluding carboxylic acids is 1. The van der Waals surface area contributed by atoms with Gasteiger partial charge in [0.25, 0.3) is 5.91 Å². The molecule has 0 bridgehead atoms. The molecule has 112 valence electrons. The molecule has 21 heavy (non-hydrogen) atoms. The molecule has 1 amide bonds. The van der Waals surface area contributed by atoms with Gasteiger partial charge in [-0.05, 0) is 18.6 Å². The Kier molecular flexibility index (Phi) is 5.57. The number of hydrogen-bond acceptors (Lipinski definition) is 5. The fourth-order valence-electron chi connectivity index (χ4n) is 1.77. The van der Waals surface area contributed by atoms with Crippen molar-refractivity contribution in [2.24, 2.45) is 0 Å². The minimum absolute atomic E-state index is 0.0202. The number of nitrogens with two attached hydrogens (primary N) is 1.